The number of nitrogens with zero attached hydrogens (tertiary/aromatic N) is 1. The summed E-state index contributed by atoms with van der Waals surface area (Å²) in [6, 6.07) is 14.3. The topological polar surface area (TPSA) is 69.4 Å². The van der Waals surface area contributed by atoms with Crippen molar-refractivity contribution in [3.63, 3.8) is 0 Å². The summed E-state index contributed by atoms with van der Waals surface area (Å²) in [4.78, 5) is 28.1. The summed E-state index contributed by atoms with van der Waals surface area (Å²) in [6.07, 6.45) is 1.07. The number of rotatable bonds is 3. The second-order valence-electron chi connectivity index (χ2n) is 5.26. The largest absolute Gasteiger partial charge is 0.423 e. The normalized spacial score (nSPS) is 10.9. The number of thiazole rings is 1. The minimum absolute atomic E-state index is 0.285. The molecule has 2 aromatic heterocycles. The van der Waals surface area contributed by atoms with Crippen molar-refractivity contribution in [2.75, 3.05) is 0 Å². The highest BCUT2D eigenvalue weighted by Gasteiger charge is 2.13. The van der Waals surface area contributed by atoms with Crippen LogP contribution in [0.3, 0.4) is 0 Å². The van der Waals surface area contributed by atoms with Gasteiger partial charge in [-0.2, -0.15) is 0 Å². The predicted octanol–water partition coefficient (Wildman–Crippen LogP) is 4.16. The van der Waals surface area contributed by atoms with Crippen LogP contribution in [0.25, 0.3) is 31.8 Å². The molecule has 122 valence electrons. The van der Waals surface area contributed by atoms with Crippen LogP contribution < -0.4 is 10.4 Å². The molecule has 25 heavy (non-hydrogen) atoms. The van der Waals surface area contributed by atoms with E-state index in [1.54, 1.807) is 18.2 Å². The number of carbonyl (C=O) groups is 1. The first-order chi connectivity index (χ1) is 12.1. The molecule has 0 aliphatic rings. The lowest BCUT2D eigenvalue weighted by Crippen LogP contribution is -2.04. The molecule has 0 N–H and O–H groups in total. The molecule has 0 saturated carbocycles. The molecule has 0 aliphatic carbocycles. The lowest BCUT2D eigenvalue weighted by Gasteiger charge is -2.03. The fourth-order valence-electron chi connectivity index (χ4n) is 2.45. The van der Waals surface area contributed by atoms with Gasteiger partial charge in [0, 0.05) is 17.5 Å². The Labute approximate surface area is 145 Å². The van der Waals surface area contributed by atoms with E-state index in [0.29, 0.717) is 21.5 Å². The summed E-state index contributed by atoms with van der Waals surface area (Å²) in [5.74, 6) is -0.291. The van der Waals surface area contributed by atoms with Crippen molar-refractivity contribution in [2.45, 2.75) is 0 Å². The van der Waals surface area contributed by atoms with Gasteiger partial charge in [-0.1, -0.05) is 18.7 Å². The minimum Gasteiger partial charge on any atom is -0.423 e. The van der Waals surface area contributed by atoms with E-state index < -0.39 is 11.6 Å². The maximum atomic E-state index is 12.4. The fourth-order valence-corrected chi connectivity index (χ4v) is 3.42. The third-order valence-electron chi connectivity index (χ3n) is 3.62. The Bertz CT molecular complexity index is 1160. The van der Waals surface area contributed by atoms with E-state index in [1.807, 2.05) is 24.3 Å². The first-order valence-corrected chi connectivity index (χ1v) is 8.24. The molecule has 0 unspecified atom stereocenters. The summed E-state index contributed by atoms with van der Waals surface area (Å²) in [7, 11) is 0. The molecular formula is C19H11NO4S. The number of benzene rings is 2. The molecular weight excluding hydrogens is 338 g/mol. The molecule has 0 saturated heterocycles. The molecule has 0 atom stereocenters. The number of carbonyl (C=O) groups excluding carboxylic acids is 1. The predicted molar refractivity (Wildman–Crippen MR) is 96.9 cm³/mol. The van der Waals surface area contributed by atoms with Gasteiger partial charge in [-0.25, -0.2) is 14.6 Å². The maximum absolute atomic E-state index is 12.4. The van der Waals surface area contributed by atoms with Gasteiger partial charge in [0.15, 0.2) is 0 Å². The average Bonchev–Trinajstić information content (AvgIpc) is 3.04. The van der Waals surface area contributed by atoms with Gasteiger partial charge in [0.05, 0.1) is 15.8 Å². The van der Waals surface area contributed by atoms with E-state index in [2.05, 4.69) is 11.6 Å². The summed E-state index contributed by atoms with van der Waals surface area (Å²) in [5, 5.41) is 1.33. The standard InChI is InChI=1S/C19H11NO4S/c1-2-17(21)23-12-8-7-11-9-13(19(22)24-15(11)10-12)18-20-14-5-3-4-6-16(14)25-18/h2-10H,1H2. The van der Waals surface area contributed by atoms with Crippen molar-refractivity contribution < 1.29 is 13.9 Å². The van der Waals surface area contributed by atoms with Crippen LogP contribution in [-0.4, -0.2) is 11.0 Å². The van der Waals surface area contributed by atoms with Gasteiger partial charge in [0.2, 0.25) is 0 Å². The molecule has 6 heteroatoms. The number of fused-ring (bicyclic) bond motifs is 2. The van der Waals surface area contributed by atoms with Crippen molar-refractivity contribution >= 4 is 38.5 Å². The molecule has 0 spiro atoms. The van der Waals surface area contributed by atoms with Crippen LogP contribution >= 0.6 is 11.3 Å². The zero-order valence-electron chi connectivity index (χ0n) is 12.9. The van der Waals surface area contributed by atoms with Crippen LogP contribution in [-0.2, 0) is 4.79 Å². The molecule has 0 fully saturated rings. The average molecular weight is 349 g/mol. The van der Waals surface area contributed by atoms with Gasteiger partial charge in [0.1, 0.15) is 16.3 Å². The zero-order chi connectivity index (χ0) is 17.4. The van der Waals surface area contributed by atoms with E-state index in [1.165, 1.54) is 17.4 Å². The first kappa shape index (κ1) is 15.3. The third-order valence-corrected chi connectivity index (χ3v) is 4.69. The van der Waals surface area contributed by atoms with Crippen molar-refractivity contribution in [1.29, 1.82) is 0 Å². The lowest BCUT2D eigenvalue weighted by molar-refractivity contribution is -0.128. The Morgan fingerprint density at radius 2 is 2.04 bits per heavy atom. The van der Waals surface area contributed by atoms with E-state index in [9.17, 15) is 9.59 Å². The van der Waals surface area contributed by atoms with E-state index >= 15 is 0 Å². The highest BCUT2D eigenvalue weighted by molar-refractivity contribution is 7.21. The van der Waals surface area contributed by atoms with Gasteiger partial charge in [-0.15, -0.1) is 11.3 Å². The number of hydrogen-bond acceptors (Lipinski definition) is 6. The lowest BCUT2D eigenvalue weighted by atomic mass is 10.2. The smallest absolute Gasteiger partial charge is 0.346 e. The molecule has 2 heterocycles. The fraction of sp³-hybridized carbons (Fsp3) is 0. The second-order valence-corrected chi connectivity index (χ2v) is 6.29. The van der Waals surface area contributed by atoms with Crippen LogP contribution in [0.15, 0.2) is 70.4 Å². The van der Waals surface area contributed by atoms with Gasteiger partial charge in [-0.05, 0) is 30.3 Å². The van der Waals surface area contributed by atoms with Crippen molar-refractivity contribution in [3.05, 3.63) is 71.6 Å². The Balaban J connectivity index is 1.81. The van der Waals surface area contributed by atoms with E-state index in [0.717, 1.165) is 16.3 Å². The summed E-state index contributed by atoms with van der Waals surface area (Å²) in [5.41, 5.74) is 1.10. The Morgan fingerprint density at radius 1 is 1.20 bits per heavy atom. The molecule has 4 rings (SSSR count). The number of para-hydroxylation sites is 1. The van der Waals surface area contributed by atoms with Crippen LogP contribution in [0, 0.1) is 0 Å². The highest BCUT2D eigenvalue weighted by atomic mass is 32.1. The van der Waals surface area contributed by atoms with Gasteiger partial charge >= 0.3 is 11.6 Å². The van der Waals surface area contributed by atoms with E-state index in [-0.39, 0.29) is 5.75 Å². The Kier molecular flexibility index (Phi) is 3.66. The molecule has 2 aromatic carbocycles. The number of ether oxygens (including phenoxy) is 1. The van der Waals surface area contributed by atoms with Crippen molar-refractivity contribution in [3.8, 4) is 16.3 Å². The van der Waals surface area contributed by atoms with Crippen molar-refractivity contribution in [1.82, 2.24) is 4.98 Å². The van der Waals surface area contributed by atoms with Crippen LogP contribution in [0.5, 0.6) is 5.75 Å². The van der Waals surface area contributed by atoms with Crippen LogP contribution in [0.4, 0.5) is 0 Å². The second kappa shape index (κ2) is 5.99. The number of aromatic nitrogens is 1. The van der Waals surface area contributed by atoms with E-state index in [4.69, 9.17) is 9.15 Å². The SMILES string of the molecule is C=CC(=O)Oc1ccc2cc(-c3nc4ccccc4s3)c(=O)oc2c1. The molecule has 0 radical (unpaired) electrons. The molecule has 0 aliphatic heterocycles. The van der Waals surface area contributed by atoms with Crippen LogP contribution in [0.1, 0.15) is 0 Å². The maximum Gasteiger partial charge on any atom is 0.346 e. The molecule has 0 bridgehead atoms. The number of esters is 1. The van der Waals surface area contributed by atoms with Crippen LogP contribution in [0.2, 0.25) is 0 Å². The first-order valence-electron chi connectivity index (χ1n) is 7.42. The van der Waals surface area contributed by atoms with Gasteiger partial charge in [0.25, 0.3) is 0 Å². The molecule has 4 aromatic rings. The number of hydrogen-bond donors (Lipinski definition) is 0. The minimum atomic E-state index is -0.576. The molecule has 0 amide bonds. The third kappa shape index (κ3) is 2.83. The van der Waals surface area contributed by atoms with Crippen molar-refractivity contribution in [2.24, 2.45) is 0 Å². The quantitative estimate of drug-likeness (QED) is 0.240. The highest BCUT2D eigenvalue weighted by Crippen LogP contribution is 2.30. The Morgan fingerprint density at radius 3 is 2.84 bits per heavy atom. The summed E-state index contributed by atoms with van der Waals surface area (Å²) >= 11 is 1.44. The van der Waals surface area contributed by atoms with Gasteiger partial charge < -0.3 is 9.15 Å². The Hall–Kier alpha value is -3.25. The monoisotopic (exact) mass is 349 g/mol. The summed E-state index contributed by atoms with van der Waals surface area (Å²) < 4.78 is 11.4. The van der Waals surface area contributed by atoms with Gasteiger partial charge in [-0.3, -0.25) is 0 Å². The zero-order valence-corrected chi connectivity index (χ0v) is 13.7. The molecule has 5 nitrogen and oxygen atoms in total. The summed E-state index contributed by atoms with van der Waals surface area (Å²) in [6.45, 7) is 3.34.